The molecule has 6 nitrogen and oxygen atoms in total. The van der Waals surface area contributed by atoms with Crippen molar-refractivity contribution < 1.29 is 0 Å². The molecule has 0 bridgehead atoms. The van der Waals surface area contributed by atoms with E-state index in [1.807, 2.05) is 41.1 Å². The zero-order valence-corrected chi connectivity index (χ0v) is 14.6. The predicted octanol–water partition coefficient (Wildman–Crippen LogP) is 3.64. The van der Waals surface area contributed by atoms with Crippen molar-refractivity contribution in [2.45, 2.75) is 25.9 Å². The third-order valence-electron chi connectivity index (χ3n) is 4.41. The van der Waals surface area contributed by atoms with Crippen LogP contribution in [0.2, 0.25) is 0 Å². The first-order chi connectivity index (χ1) is 12.8. The maximum Gasteiger partial charge on any atom is 0.183 e. The fraction of sp³-hybridized carbons (Fsp3) is 0.200. The molecule has 2 aromatic heterocycles. The van der Waals surface area contributed by atoms with Crippen molar-refractivity contribution in [2.24, 2.45) is 0 Å². The van der Waals surface area contributed by atoms with E-state index in [0.29, 0.717) is 11.3 Å². The Labute approximate surface area is 151 Å². The number of fused-ring (bicyclic) bond motifs is 1. The predicted molar refractivity (Wildman–Crippen MR) is 102 cm³/mol. The largest absolute Gasteiger partial charge is 0.362 e. The molecule has 0 aliphatic carbocycles. The number of anilines is 1. The number of nitrogens with zero attached hydrogens (tertiary/aromatic N) is 5. The van der Waals surface area contributed by atoms with Gasteiger partial charge in [0, 0.05) is 6.54 Å². The maximum absolute atomic E-state index is 4.38. The molecule has 6 heteroatoms. The van der Waals surface area contributed by atoms with E-state index < -0.39 is 0 Å². The number of aryl methyl sites for hydroxylation is 2. The molecule has 0 amide bonds. The van der Waals surface area contributed by atoms with Crippen LogP contribution >= 0.6 is 0 Å². The van der Waals surface area contributed by atoms with Gasteiger partial charge in [-0.25, -0.2) is 14.6 Å². The number of rotatable bonds is 6. The van der Waals surface area contributed by atoms with Crippen LogP contribution in [0.4, 0.5) is 5.82 Å². The highest BCUT2D eigenvalue weighted by Crippen LogP contribution is 2.22. The molecule has 4 rings (SSSR count). The van der Waals surface area contributed by atoms with Crippen LogP contribution in [-0.4, -0.2) is 25.0 Å². The third kappa shape index (κ3) is 3.39. The molecule has 2 aromatic carbocycles. The number of hydrogen-bond donors (Lipinski definition) is 1. The minimum Gasteiger partial charge on any atom is -0.362 e. The van der Waals surface area contributed by atoms with Crippen molar-refractivity contribution in [3.05, 3.63) is 78.1 Å². The minimum absolute atomic E-state index is 0.115. The summed E-state index contributed by atoms with van der Waals surface area (Å²) in [6, 6.07) is 20.7. The lowest BCUT2D eigenvalue weighted by atomic mass is 10.1. The molecule has 1 unspecified atom stereocenters. The molecular weight excluding hydrogens is 324 g/mol. The molecule has 2 heterocycles. The maximum atomic E-state index is 4.38. The molecule has 0 saturated carbocycles. The van der Waals surface area contributed by atoms with Gasteiger partial charge in [-0.2, -0.15) is 0 Å². The Morgan fingerprint density at radius 3 is 2.46 bits per heavy atom. The summed E-state index contributed by atoms with van der Waals surface area (Å²) in [5.41, 5.74) is 3.90. The Morgan fingerprint density at radius 2 is 1.69 bits per heavy atom. The van der Waals surface area contributed by atoms with Crippen molar-refractivity contribution in [3.8, 4) is 0 Å². The average molecular weight is 344 g/mol. The van der Waals surface area contributed by atoms with Crippen LogP contribution in [0.5, 0.6) is 0 Å². The summed E-state index contributed by atoms with van der Waals surface area (Å²) in [7, 11) is 0. The van der Waals surface area contributed by atoms with E-state index in [0.717, 1.165) is 18.6 Å². The van der Waals surface area contributed by atoms with Crippen LogP contribution in [0.15, 0.2) is 67.0 Å². The van der Waals surface area contributed by atoms with Crippen molar-refractivity contribution in [1.29, 1.82) is 0 Å². The highest BCUT2D eigenvalue weighted by Gasteiger charge is 2.14. The fourth-order valence-electron chi connectivity index (χ4n) is 2.96. The van der Waals surface area contributed by atoms with Gasteiger partial charge in [-0.05, 0) is 24.5 Å². The summed E-state index contributed by atoms with van der Waals surface area (Å²) >= 11 is 0. The van der Waals surface area contributed by atoms with Crippen LogP contribution in [-0.2, 0) is 13.0 Å². The molecule has 0 radical (unpaired) electrons. The summed E-state index contributed by atoms with van der Waals surface area (Å²) in [5.74, 6) is 0.706. The molecule has 1 N–H and O–H groups in total. The van der Waals surface area contributed by atoms with Crippen molar-refractivity contribution in [2.75, 3.05) is 5.32 Å². The van der Waals surface area contributed by atoms with Crippen molar-refractivity contribution in [3.63, 3.8) is 0 Å². The molecule has 0 fully saturated rings. The van der Waals surface area contributed by atoms with Gasteiger partial charge < -0.3 is 5.32 Å². The smallest absolute Gasteiger partial charge is 0.183 e. The van der Waals surface area contributed by atoms with Gasteiger partial charge in [-0.3, -0.25) is 0 Å². The van der Waals surface area contributed by atoms with Gasteiger partial charge in [0.05, 0.1) is 6.04 Å². The standard InChI is InChI=1S/C20H20N6/c1-15(17-10-6-3-7-11-17)23-19-18-20(22-14-21-19)26(25-24-18)13-12-16-8-4-2-5-9-16/h2-11,14-15H,12-13H2,1H3,(H,21,22,23). The van der Waals surface area contributed by atoms with Gasteiger partial charge in [0.1, 0.15) is 6.33 Å². The number of hydrogen-bond acceptors (Lipinski definition) is 5. The Kier molecular flexibility index (Phi) is 4.55. The van der Waals surface area contributed by atoms with Crippen LogP contribution in [0.25, 0.3) is 11.2 Å². The van der Waals surface area contributed by atoms with Crippen LogP contribution in [0.3, 0.4) is 0 Å². The fourth-order valence-corrected chi connectivity index (χ4v) is 2.96. The normalized spacial score (nSPS) is 12.2. The van der Waals surface area contributed by atoms with Crippen LogP contribution in [0.1, 0.15) is 24.1 Å². The Balaban J connectivity index is 1.55. The molecule has 0 aliphatic heterocycles. The second kappa shape index (κ2) is 7.31. The summed E-state index contributed by atoms with van der Waals surface area (Å²) in [6.45, 7) is 2.83. The number of benzene rings is 2. The molecule has 0 spiro atoms. The molecule has 26 heavy (non-hydrogen) atoms. The van der Waals surface area contributed by atoms with Gasteiger partial charge >= 0.3 is 0 Å². The number of nitrogens with one attached hydrogen (secondary N) is 1. The van der Waals surface area contributed by atoms with E-state index in [4.69, 9.17) is 0 Å². The Hall–Kier alpha value is -3.28. The Bertz CT molecular complexity index is 981. The molecule has 4 aromatic rings. The second-order valence-corrected chi connectivity index (χ2v) is 6.22. The van der Waals surface area contributed by atoms with Crippen LogP contribution in [0, 0.1) is 0 Å². The molecule has 1 atom stereocenters. The van der Waals surface area contributed by atoms with Crippen molar-refractivity contribution >= 4 is 17.0 Å². The summed E-state index contributed by atoms with van der Waals surface area (Å²) < 4.78 is 1.84. The lowest BCUT2D eigenvalue weighted by molar-refractivity contribution is 0.602. The number of aromatic nitrogens is 5. The second-order valence-electron chi connectivity index (χ2n) is 6.22. The van der Waals surface area contributed by atoms with E-state index >= 15 is 0 Å². The zero-order valence-electron chi connectivity index (χ0n) is 14.6. The zero-order chi connectivity index (χ0) is 17.8. The van der Waals surface area contributed by atoms with E-state index in [1.165, 1.54) is 11.1 Å². The van der Waals surface area contributed by atoms with Crippen LogP contribution < -0.4 is 5.32 Å². The molecule has 0 saturated heterocycles. The van der Waals surface area contributed by atoms with Gasteiger partial charge in [0.2, 0.25) is 0 Å². The lowest BCUT2D eigenvalue weighted by Gasteiger charge is -2.14. The van der Waals surface area contributed by atoms with Gasteiger partial charge in [-0.1, -0.05) is 65.9 Å². The third-order valence-corrected chi connectivity index (χ3v) is 4.41. The minimum atomic E-state index is 0.115. The van der Waals surface area contributed by atoms with Gasteiger partial charge in [0.15, 0.2) is 17.0 Å². The molecule has 130 valence electrons. The molecule has 0 aliphatic rings. The van der Waals surface area contributed by atoms with E-state index in [-0.39, 0.29) is 6.04 Å². The first-order valence-electron chi connectivity index (χ1n) is 8.71. The van der Waals surface area contributed by atoms with Gasteiger partial charge in [-0.15, -0.1) is 5.10 Å². The topological polar surface area (TPSA) is 68.5 Å². The quantitative estimate of drug-likeness (QED) is 0.578. The first-order valence-corrected chi connectivity index (χ1v) is 8.71. The monoisotopic (exact) mass is 344 g/mol. The average Bonchev–Trinajstić information content (AvgIpc) is 3.12. The first kappa shape index (κ1) is 16.2. The van der Waals surface area contributed by atoms with E-state index in [1.54, 1.807) is 6.33 Å². The Morgan fingerprint density at radius 1 is 0.962 bits per heavy atom. The summed E-state index contributed by atoms with van der Waals surface area (Å²) in [6.07, 6.45) is 2.44. The highest BCUT2D eigenvalue weighted by atomic mass is 15.4. The van der Waals surface area contributed by atoms with Crippen molar-refractivity contribution in [1.82, 2.24) is 25.0 Å². The van der Waals surface area contributed by atoms with Gasteiger partial charge in [0.25, 0.3) is 0 Å². The summed E-state index contributed by atoms with van der Waals surface area (Å²) in [5, 5.41) is 12.0. The SMILES string of the molecule is CC(Nc1ncnc2c1nnn2CCc1ccccc1)c1ccccc1. The summed E-state index contributed by atoms with van der Waals surface area (Å²) in [4.78, 5) is 8.75. The van der Waals surface area contributed by atoms with E-state index in [9.17, 15) is 0 Å². The van der Waals surface area contributed by atoms with E-state index in [2.05, 4.69) is 56.8 Å². The highest BCUT2D eigenvalue weighted by molar-refractivity contribution is 5.82. The molecular formula is C20H20N6. The lowest BCUT2D eigenvalue weighted by Crippen LogP contribution is -2.09.